The van der Waals surface area contributed by atoms with Crippen molar-refractivity contribution in [3.8, 4) is 11.6 Å². The van der Waals surface area contributed by atoms with Crippen LogP contribution in [0.25, 0.3) is 0 Å². The number of epoxide rings is 1. The van der Waals surface area contributed by atoms with Crippen molar-refractivity contribution in [2.45, 2.75) is 5.60 Å². The lowest BCUT2D eigenvalue weighted by atomic mass is 10.0. The Bertz CT molecular complexity index is 650. The van der Waals surface area contributed by atoms with Crippen LogP contribution in [-0.4, -0.2) is 24.7 Å². The fourth-order valence-corrected chi connectivity index (χ4v) is 2.07. The van der Waals surface area contributed by atoms with Crippen molar-refractivity contribution in [1.82, 2.24) is 4.98 Å². The molecule has 108 valence electrons. The van der Waals surface area contributed by atoms with E-state index in [4.69, 9.17) is 25.8 Å². The van der Waals surface area contributed by atoms with E-state index >= 15 is 0 Å². The molecule has 1 aromatic heterocycles. The molecule has 0 N–H and O–H groups in total. The lowest BCUT2D eigenvalue weighted by Gasteiger charge is -2.10. The Hall–Kier alpha value is -2.11. The number of benzene rings is 1. The van der Waals surface area contributed by atoms with Gasteiger partial charge in [-0.3, -0.25) is 0 Å². The normalized spacial score (nSPS) is 19.9. The number of hydrogen-bond acceptors (Lipinski definition) is 5. The number of hydrogen-bond donors (Lipinski definition) is 0. The number of carbonyl (C=O) groups excluding carboxylic acids is 1. The monoisotopic (exact) mass is 305 g/mol. The molecule has 1 aliphatic rings. The number of esters is 1. The predicted molar refractivity (Wildman–Crippen MR) is 75.4 cm³/mol. The first kappa shape index (κ1) is 13.9. The van der Waals surface area contributed by atoms with Gasteiger partial charge < -0.3 is 14.2 Å². The van der Waals surface area contributed by atoms with Gasteiger partial charge in [0.05, 0.1) is 13.7 Å². The van der Waals surface area contributed by atoms with Crippen molar-refractivity contribution in [2.75, 3.05) is 13.7 Å². The third-order valence-corrected chi connectivity index (χ3v) is 3.44. The predicted octanol–water partition coefficient (Wildman–Crippen LogP) is 2.93. The quantitative estimate of drug-likeness (QED) is 0.642. The van der Waals surface area contributed by atoms with Crippen molar-refractivity contribution < 1.29 is 19.0 Å². The largest absolute Gasteiger partial charge is 0.467 e. The summed E-state index contributed by atoms with van der Waals surface area (Å²) in [6.45, 7) is 0.304. The van der Waals surface area contributed by atoms with Crippen molar-refractivity contribution in [2.24, 2.45) is 0 Å². The fraction of sp³-hybridized carbons (Fsp3) is 0.200. The lowest BCUT2D eigenvalue weighted by molar-refractivity contribution is -0.147. The molecule has 6 heteroatoms. The molecule has 21 heavy (non-hydrogen) atoms. The highest BCUT2D eigenvalue weighted by atomic mass is 35.5. The maximum absolute atomic E-state index is 11.7. The molecule has 1 atom stereocenters. The van der Waals surface area contributed by atoms with Crippen LogP contribution in [0.2, 0.25) is 5.02 Å². The molecular formula is C15H12ClNO4. The standard InChI is InChI=1S/C15H12ClNO4/c1-19-14(18)15(9-20-15)10-2-7-13(17-8-10)21-12-5-3-11(16)4-6-12/h2-8H,9H2,1H3. The summed E-state index contributed by atoms with van der Waals surface area (Å²) in [4.78, 5) is 15.9. The van der Waals surface area contributed by atoms with Gasteiger partial charge in [-0.1, -0.05) is 11.6 Å². The molecule has 1 fully saturated rings. The molecule has 2 heterocycles. The summed E-state index contributed by atoms with van der Waals surface area (Å²) in [5, 5.41) is 0.636. The van der Waals surface area contributed by atoms with Crippen LogP contribution in [0.3, 0.4) is 0 Å². The van der Waals surface area contributed by atoms with E-state index in [1.807, 2.05) is 0 Å². The zero-order valence-electron chi connectivity index (χ0n) is 11.2. The molecule has 3 rings (SSSR count). The SMILES string of the molecule is COC(=O)C1(c2ccc(Oc3ccc(Cl)cc3)nc2)CO1. The van der Waals surface area contributed by atoms with Gasteiger partial charge in [0, 0.05) is 22.8 Å². The number of halogens is 1. The van der Waals surface area contributed by atoms with Crippen LogP contribution < -0.4 is 4.74 Å². The number of nitrogens with zero attached hydrogens (tertiary/aromatic N) is 1. The van der Waals surface area contributed by atoms with Crippen LogP contribution in [0, 0.1) is 0 Å². The molecule has 0 saturated carbocycles. The topological polar surface area (TPSA) is 61.0 Å². The number of methoxy groups -OCH3 is 1. The Labute approximate surface area is 126 Å². The molecule has 1 unspecified atom stereocenters. The summed E-state index contributed by atoms with van der Waals surface area (Å²) in [6.07, 6.45) is 1.55. The van der Waals surface area contributed by atoms with Crippen LogP contribution >= 0.6 is 11.6 Å². The van der Waals surface area contributed by atoms with E-state index in [0.29, 0.717) is 28.8 Å². The molecule has 2 aromatic rings. The summed E-state index contributed by atoms with van der Waals surface area (Å²) in [5.74, 6) is 0.627. The van der Waals surface area contributed by atoms with Gasteiger partial charge in [0.15, 0.2) is 0 Å². The highest BCUT2D eigenvalue weighted by Gasteiger charge is 2.55. The van der Waals surface area contributed by atoms with E-state index in [0.717, 1.165) is 0 Å². The molecule has 5 nitrogen and oxygen atoms in total. The van der Waals surface area contributed by atoms with E-state index in [1.165, 1.54) is 7.11 Å². The summed E-state index contributed by atoms with van der Waals surface area (Å²) < 4.78 is 15.6. The Balaban J connectivity index is 1.75. The number of rotatable bonds is 4. The van der Waals surface area contributed by atoms with E-state index < -0.39 is 11.6 Å². The Morgan fingerprint density at radius 1 is 1.29 bits per heavy atom. The van der Waals surface area contributed by atoms with Crippen LogP contribution in [-0.2, 0) is 19.9 Å². The second kappa shape index (κ2) is 5.35. The highest BCUT2D eigenvalue weighted by molar-refractivity contribution is 6.30. The van der Waals surface area contributed by atoms with Gasteiger partial charge >= 0.3 is 5.97 Å². The Morgan fingerprint density at radius 3 is 2.52 bits per heavy atom. The van der Waals surface area contributed by atoms with E-state index in [2.05, 4.69) is 4.98 Å². The minimum Gasteiger partial charge on any atom is -0.467 e. The molecule has 1 aliphatic heterocycles. The first-order chi connectivity index (χ1) is 10.1. The molecule has 1 aromatic carbocycles. The summed E-state index contributed by atoms with van der Waals surface area (Å²) >= 11 is 5.81. The van der Waals surface area contributed by atoms with Gasteiger partial charge in [-0.15, -0.1) is 0 Å². The van der Waals surface area contributed by atoms with Crippen LogP contribution in [0.5, 0.6) is 11.6 Å². The van der Waals surface area contributed by atoms with Gasteiger partial charge in [-0.25, -0.2) is 9.78 Å². The molecule has 0 amide bonds. The molecule has 0 bridgehead atoms. The molecule has 0 radical (unpaired) electrons. The van der Waals surface area contributed by atoms with Gasteiger partial charge in [0.25, 0.3) is 0 Å². The Morgan fingerprint density at radius 2 is 2.00 bits per heavy atom. The van der Waals surface area contributed by atoms with Crippen LogP contribution in [0.15, 0.2) is 42.6 Å². The van der Waals surface area contributed by atoms with Gasteiger partial charge in [-0.05, 0) is 30.3 Å². The molecule has 1 saturated heterocycles. The third-order valence-electron chi connectivity index (χ3n) is 3.19. The number of pyridine rings is 1. The average Bonchev–Trinajstić information content (AvgIpc) is 3.31. The van der Waals surface area contributed by atoms with Gasteiger partial charge in [-0.2, -0.15) is 0 Å². The molecule has 0 spiro atoms. The lowest BCUT2D eigenvalue weighted by Crippen LogP contribution is -2.23. The summed E-state index contributed by atoms with van der Waals surface area (Å²) in [5.41, 5.74) is -0.349. The van der Waals surface area contributed by atoms with Gasteiger partial charge in [0.1, 0.15) is 5.75 Å². The first-order valence-corrected chi connectivity index (χ1v) is 6.64. The van der Waals surface area contributed by atoms with Crippen molar-refractivity contribution in [3.63, 3.8) is 0 Å². The number of ether oxygens (including phenoxy) is 3. The summed E-state index contributed by atoms with van der Waals surface area (Å²) in [7, 11) is 1.33. The number of carbonyl (C=O) groups is 1. The van der Waals surface area contributed by atoms with Crippen molar-refractivity contribution in [3.05, 3.63) is 53.2 Å². The maximum Gasteiger partial charge on any atom is 0.345 e. The maximum atomic E-state index is 11.7. The first-order valence-electron chi connectivity index (χ1n) is 6.26. The van der Waals surface area contributed by atoms with Crippen LogP contribution in [0.4, 0.5) is 0 Å². The second-order valence-corrected chi connectivity index (χ2v) is 4.98. The minimum atomic E-state index is -0.999. The van der Waals surface area contributed by atoms with Crippen LogP contribution in [0.1, 0.15) is 5.56 Å². The van der Waals surface area contributed by atoms with E-state index in [9.17, 15) is 4.79 Å². The van der Waals surface area contributed by atoms with Crippen molar-refractivity contribution in [1.29, 1.82) is 0 Å². The smallest absolute Gasteiger partial charge is 0.345 e. The second-order valence-electron chi connectivity index (χ2n) is 4.55. The van der Waals surface area contributed by atoms with E-state index in [1.54, 1.807) is 42.6 Å². The van der Waals surface area contributed by atoms with Crippen molar-refractivity contribution >= 4 is 17.6 Å². The Kier molecular flexibility index (Phi) is 3.53. The molecule has 0 aliphatic carbocycles. The highest BCUT2D eigenvalue weighted by Crippen LogP contribution is 2.40. The third kappa shape index (κ3) is 2.70. The zero-order valence-corrected chi connectivity index (χ0v) is 12.0. The summed E-state index contributed by atoms with van der Waals surface area (Å²) in [6, 6.07) is 10.4. The molecular weight excluding hydrogens is 294 g/mol. The van der Waals surface area contributed by atoms with E-state index in [-0.39, 0.29) is 0 Å². The average molecular weight is 306 g/mol. The zero-order chi connectivity index (χ0) is 14.9. The minimum absolute atomic E-state index is 0.304. The number of aromatic nitrogens is 1. The van der Waals surface area contributed by atoms with Gasteiger partial charge in [0.2, 0.25) is 11.5 Å². The fourth-order valence-electron chi connectivity index (χ4n) is 1.94.